The smallest absolute Gasteiger partial charge is 0.410 e. The molecule has 0 bridgehead atoms. The lowest BCUT2D eigenvalue weighted by Gasteiger charge is -2.36. The molecule has 1 aliphatic rings. The van der Waals surface area contributed by atoms with Crippen LogP contribution in [0.1, 0.15) is 27.2 Å². The van der Waals surface area contributed by atoms with Crippen molar-refractivity contribution in [3.05, 3.63) is 30.3 Å². The summed E-state index contributed by atoms with van der Waals surface area (Å²) < 4.78 is 11.1. The maximum absolute atomic E-state index is 12.0. The molecule has 0 aromatic heterocycles. The lowest BCUT2D eigenvalue weighted by Crippen LogP contribution is -2.52. The second-order valence-electron chi connectivity index (χ2n) is 6.25. The zero-order chi connectivity index (χ0) is 15.5. The summed E-state index contributed by atoms with van der Waals surface area (Å²) in [6.45, 7) is 6.22. The molecule has 1 N–H and O–H groups in total. The number of carbonyl (C=O) groups is 1. The normalized spacial score (nSPS) is 22.8. The number of benzene rings is 1. The van der Waals surface area contributed by atoms with E-state index >= 15 is 0 Å². The Labute approximate surface area is 125 Å². The Kier molecular flexibility index (Phi) is 4.73. The van der Waals surface area contributed by atoms with E-state index in [9.17, 15) is 9.90 Å². The number of ether oxygens (including phenoxy) is 2. The van der Waals surface area contributed by atoms with Crippen LogP contribution in [0.5, 0.6) is 5.75 Å². The highest BCUT2D eigenvalue weighted by atomic mass is 16.6. The number of piperidine rings is 1. The molecule has 1 heterocycles. The monoisotopic (exact) mass is 293 g/mol. The van der Waals surface area contributed by atoms with E-state index in [0.717, 1.165) is 5.75 Å². The topological polar surface area (TPSA) is 59.0 Å². The van der Waals surface area contributed by atoms with E-state index in [1.807, 2.05) is 51.1 Å². The van der Waals surface area contributed by atoms with E-state index in [1.165, 1.54) is 4.90 Å². The SMILES string of the molecule is CC(C)(C)OC(=O)N1CCC(Oc2ccccc2)C(O)C1. The van der Waals surface area contributed by atoms with Crippen molar-refractivity contribution in [2.24, 2.45) is 0 Å². The maximum Gasteiger partial charge on any atom is 0.410 e. The van der Waals surface area contributed by atoms with Crippen molar-refractivity contribution in [2.75, 3.05) is 13.1 Å². The number of nitrogens with zero attached hydrogens (tertiary/aromatic N) is 1. The fourth-order valence-corrected chi connectivity index (χ4v) is 2.21. The fourth-order valence-electron chi connectivity index (χ4n) is 2.21. The van der Waals surface area contributed by atoms with Gasteiger partial charge in [0.05, 0.1) is 6.54 Å². The minimum atomic E-state index is -0.716. The molecule has 2 rings (SSSR count). The van der Waals surface area contributed by atoms with E-state index in [1.54, 1.807) is 0 Å². The minimum Gasteiger partial charge on any atom is -0.488 e. The van der Waals surface area contributed by atoms with Crippen LogP contribution in [0.25, 0.3) is 0 Å². The molecule has 0 aliphatic carbocycles. The first-order chi connectivity index (χ1) is 9.85. The average Bonchev–Trinajstić information content (AvgIpc) is 2.40. The molecular formula is C16H23NO4. The third-order valence-corrected chi connectivity index (χ3v) is 3.20. The molecule has 0 radical (unpaired) electrons. The number of aliphatic hydroxyl groups excluding tert-OH is 1. The molecule has 5 heteroatoms. The number of rotatable bonds is 2. The third-order valence-electron chi connectivity index (χ3n) is 3.20. The van der Waals surface area contributed by atoms with Crippen molar-refractivity contribution >= 4 is 6.09 Å². The van der Waals surface area contributed by atoms with Gasteiger partial charge in [-0.2, -0.15) is 0 Å². The van der Waals surface area contributed by atoms with E-state index in [0.29, 0.717) is 13.0 Å². The van der Waals surface area contributed by atoms with Gasteiger partial charge >= 0.3 is 6.09 Å². The molecule has 2 unspecified atom stereocenters. The summed E-state index contributed by atoms with van der Waals surface area (Å²) in [4.78, 5) is 13.5. The zero-order valence-corrected chi connectivity index (χ0v) is 12.8. The molecule has 2 atom stereocenters. The summed E-state index contributed by atoms with van der Waals surface area (Å²) >= 11 is 0. The Hall–Kier alpha value is -1.75. The van der Waals surface area contributed by atoms with E-state index in [-0.39, 0.29) is 18.7 Å². The first kappa shape index (κ1) is 15.6. The summed E-state index contributed by atoms with van der Waals surface area (Å²) in [5.74, 6) is 0.729. The highest BCUT2D eigenvalue weighted by Crippen LogP contribution is 2.20. The zero-order valence-electron chi connectivity index (χ0n) is 12.8. The van der Waals surface area contributed by atoms with Gasteiger partial charge in [0, 0.05) is 13.0 Å². The van der Waals surface area contributed by atoms with Crippen LogP contribution in [0.15, 0.2) is 30.3 Å². The van der Waals surface area contributed by atoms with Crippen molar-refractivity contribution < 1.29 is 19.4 Å². The Morgan fingerprint density at radius 2 is 1.95 bits per heavy atom. The average molecular weight is 293 g/mol. The van der Waals surface area contributed by atoms with Crippen molar-refractivity contribution in [1.29, 1.82) is 0 Å². The predicted molar refractivity (Wildman–Crippen MR) is 79.3 cm³/mol. The van der Waals surface area contributed by atoms with Crippen LogP contribution < -0.4 is 4.74 Å². The molecule has 1 saturated heterocycles. The number of hydrogen-bond acceptors (Lipinski definition) is 4. The van der Waals surface area contributed by atoms with Gasteiger partial charge in [-0.05, 0) is 32.9 Å². The van der Waals surface area contributed by atoms with Gasteiger partial charge in [-0.15, -0.1) is 0 Å². The van der Waals surface area contributed by atoms with Gasteiger partial charge < -0.3 is 19.5 Å². The number of para-hydroxylation sites is 1. The van der Waals surface area contributed by atoms with Gasteiger partial charge in [0.25, 0.3) is 0 Å². The molecule has 0 saturated carbocycles. The van der Waals surface area contributed by atoms with E-state index in [4.69, 9.17) is 9.47 Å². The quantitative estimate of drug-likeness (QED) is 0.910. The second-order valence-corrected chi connectivity index (χ2v) is 6.25. The lowest BCUT2D eigenvalue weighted by molar-refractivity contribution is -0.0374. The van der Waals surface area contributed by atoms with Crippen molar-refractivity contribution in [1.82, 2.24) is 4.90 Å². The number of amides is 1. The van der Waals surface area contributed by atoms with Crippen LogP contribution in [0.2, 0.25) is 0 Å². The van der Waals surface area contributed by atoms with Gasteiger partial charge in [0.15, 0.2) is 0 Å². The first-order valence-corrected chi connectivity index (χ1v) is 7.23. The van der Waals surface area contributed by atoms with Gasteiger partial charge in [0.2, 0.25) is 0 Å². The van der Waals surface area contributed by atoms with Gasteiger partial charge in [-0.25, -0.2) is 4.79 Å². The molecule has 5 nitrogen and oxygen atoms in total. The largest absolute Gasteiger partial charge is 0.488 e. The van der Waals surface area contributed by atoms with Crippen LogP contribution >= 0.6 is 0 Å². The molecule has 1 aromatic carbocycles. The number of likely N-dealkylation sites (tertiary alicyclic amines) is 1. The van der Waals surface area contributed by atoms with Crippen LogP contribution in [0, 0.1) is 0 Å². The maximum atomic E-state index is 12.0. The summed E-state index contributed by atoms with van der Waals surface area (Å²) in [6.07, 6.45) is -0.827. The molecule has 1 amide bonds. The molecule has 1 aliphatic heterocycles. The summed E-state index contributed by atoms with van der Waals surface area (Å²) in [5.41, 5.74) is -0.528. The number of aliphatic hydroxyl groups is 1. The molecule has 1 aromatic rings. The van der Waals surface area contributed by atoms with Crippen LogP contribution in [-0.2, 0) is 4.74 Å². The number of β-amino-alcohol motifs (C(OH)–C–C–N with tert-alkyl or cyclic N) is 1. The van der Waals surface area contributed by atoms with Crippen LogP contribution in [0.4, 0.5) is 4.79 Å². The van der Waals surface area contributed by atoms with Gasteiger partial charge in [-0.1, -0.05) is 18.2 Å². The van der Waals surface area contributed by atoms with Gasteiger partial charge in [0.1, 0.15) is 23.6 Å². The Morgan fingerprint density at radius 1 is 1.29 bits per heavy atom. The molecule has 1 fully saturated rings. The third kappa shape index (κ3) is 4.63. The highest BCUT2D eigenvalue weighted by molar-refractivity contribution is 5.68. The second kappa shape index (κ2) is 6.35. The number of hydrogen-bond donors (Lipinski definition) is 1. The first-order valence-electron chi connectivity index (χ1n) is 7.23. The predicted octanol–water partition coefficient (Wildman–Crippen LogP) is 2.44. The summed E-state index contributed by atoms with van der Waals surface area (Å²) in [5, 5.41) is 10.2. The fraction of sp³-hybridized carbons (Fsp3) is 0.562. The van der Waals surface area contributed by atoms with E-state index < -0.39 is 11.7 Å². The Morgan fingerprint density at radius 3 is 2.52 bits per heavy atom. The van der Waals surface area contributed by atoms with Crippen LogP contribution in [0.3, 0.4) is 0 Å². The standard InChI is InChI=1S/C16H23NO4/c1-16(2,3)21-15(19)17-10-9-14(13(18)11-17)20-12-7-5-4-6-8-12/h4-8,13-14,18H,9-11H2,1-3H3. The van der Waals surface area contributed by atoms with Crippen molar-refractivity contribution in [3.8, 4) is 5.75 Å². The van der Waals surface area contributed by atoms with Crippen molar-refractivity contribution in [2.45, 2.75) is 45.0 Å². The Bertz CT molecular complexity index is 469. The van der Waals surface area contributed by atoms with Crippen molar-refractivity contribution in [3.63, 3.8) is 0 Å². The molecule has 0 spiro atoms. The molecule has 116 valence electrons. The van der Waals surface area contributed by atoms with E-state index in [2.05, 4.69) is 0 Å². The number of carbonyl (C=O) groups excluding carboxylic acids is 1. The molecule has 21 heavy (non-hydrogen) atoms. The Balaban J connectivity index is 1.89. The summed E-state index contributed by atoms with van der Waals surface area (Å²) in [6, 6.07) is 9.39. The van der Waals surface area contributed by atoms with Crippen LogP contribution in [-0.4, -0.2) is 47.0 Å². The summed E-state index contributed by atoms with van der Waals surface area (Å²) in [7, 11) is 0. The lowest BCUT2D eigenvalue weighted by atomic mass is 10.1. The highest BCUT2D eigenvalue weighted by Gasteiger charge is 2.33. The van der Waals surface area contributed by atoms with Gasteiger partial charge in [-0.3, -0.25) is 0 Å². The molecular weight excluding hydrogens is 270 g/mol. The minimum absolute atomic E-state index is 0.229.